The number of aliphatic imine (C=N–C) groups is 1. The Hall–Kier alpha value is -2.33. The number of anilines is 1. The molecule has 0 spiro atoms. The van der Waals surface area contributed by atoms with Crippen LogP contribution < -0.4 is 10.6 Å². The molecule has 2 aromatic rings. The van der Waals surface area contributed by atoms with Gasteiger partial charge in [0.05, 0.1) is 6.54 Å². The fraction of sp³-hybridized carbons (Fsp3) is 0.125. The zero-order valence-electron chi connectivity index (χ0n) is 11.4. The minimum absolute atomic E-state index is 0. The normalized spacial score (nSPS) is 12.9. The minimum atomic E-state index is 0. The monoisotopic (exact) mass is 301 g/mol. The van der Waals surface area contributed by atoms with Crippen molar-refractivity contribution in [2.45, 2.75) is 0 Å². The summed E-state index contributed by atoms with van der Waals surface area (Å²) < 4.78 is 0. The number of carbonyl (C=O) groups excluding carboxylic acids is 1. The van der Waals surface area contributed by atoms with Crippen molar-refractivity contribution in [3.63, 3.8) is 0 Å². The lowest BCUT2D eigenvalue weighted by atomic mass is 10.0. The van der Waals surface area contributed by atoms with Gasteiger partial charge < -0.3 is 10.6 Å². The minimum Gasteiger partial charge on any atom is -0.354 e. The highest BCUT2D eigenvalue weighted by Gasteiger charge is 2.09. The molecule has 21 heavy (non-hydrogen) atoms. The molecule has 0 saturated carbocycles. The first-order chi connectivity index (χ1) is 9.83. The predicted molar refractivity (Wildman–Crippen MR) is 87.5 cm³/mol. The molecule has 1 aliphatic heterocycles. The molecule has 4 nitrogen and oxygen atoms in total. The molecular weight excluding hydrogens is 286 g/mol. The number of nitrogens with one attached hydrogen (secondary N) is 2. The molecular formula is C16H16ClN3O. The summed E-state index contributed by atoms with van der Waals surface area (Å²) in [6.45, 7) is 1.67. The van der Waals surface area contributed by atoms with Crippen LogP contribution in [-0.2, 0) is 0 Å². The largest absolute Gasteiger partial charge is 0.354 e. The van der Waals surface area contributed by atoms with Crippen molar-refractivity contribution in [1.29, 1.82) is 0 Å². The van der Waals surface area contributed by atoms with E-state index in [9.17, 15) is 4.79 Å². The third-order valence-electron chi connectivity index (χ3n) is 3.12. The van der Waals surface area contributed by atoms with Crippen LogP contribution in [0.15, 0.2) is 59.6 Å². The van der Waals surface area contributed by atoms with Gasteiger partial charge in [-0.3, -0.25) is 9.79 Å². The van der Waals surface area contributed by atoms with Crippen LogP contribution in [0.1, 0.15) is 15.9 Å². The Balaban J connectivity index is 0.00000161. The van der Waals surface area contributed by atoms with Gasteiger partial charge in [0.1, 0.15) is 0 Å². The Kier molecular flexibility index (Phi) is 4.95. The number of carbonyl (C=O) groups is 1. The number of benzene rings is 2. The van der Waals surface area contributed by atoms with E-state index in [0.717, 1.165) is 24.7 Å². The zero-order chi connectivity index (χ0) is 13.8. The van der Waals surface area contributed by atoms with Crippen LogP contribution in [0.5, 0.6) is 0 Å². The second-order valence-corrected chi connectivity index (χ2v) is 4.55. The van der Waals surface area contributed by atoms with Crippen LogP contribution in [0, 0.1) is 0 Å². The summed E-state index contributed by atoms with van der Waals surface area (Å²) in [5.41, 5.74) is 2.31. The van der Waals surface area contributed by atoms with Crippen molar-refractivity contribution in [3.05, 3.63) is 65.7 Å². The van der Waals surface area contributed by atoms with Crippen molar-refractivity contribution < 1.29 is 4.79 Å². The summed E-state index contributed by atoms with van der Waals surface area (Å²) in [6.07, 6.45) is 0. The Bertz CT molecular complexity index is 638. The molecule has 0 aromatic heterocycles. The van der Waals surface area contributed by atoms with E-state index in [1.165, 1.54) is 0 Å². The van der Waals surface area contributed by atoms with Gasteiger partial charge in [0.25, 0.3) is 0 Å². The van der Waals surface area contributed by atoms with Gasteiger partial charge in [0.2, 0.25) is 0 Å². The van der Waals surface area contributed by atoms with Gasteiger partial charge in [0, 0.05) is 23.4 Å². The highest BCUT2D eigenvalue weighted by Crippen LogP contribution is 2.14. The van der Waals surface area contributed by atoms with E-state index >= 15 is 0 Å². The Morgan fingerprint density at radius 2 is 1.67 bits per heavy atom. The number of halogens is 1. The summed E-state index contributed by atoms with van der Waals surface area (Å²) in [7, 11) is 0. The quantitative estimate of drug-likeness (QED) is 0.857. The van der Waals surface area contributed by atoms with Crippen molar-refractivity contribution in [2.75, 3.05) is 18.4 Å². The molecule has 1 heterocycles. The lowest BCUT2D eigenvalue weighted by Gasteiger charge is -2.07. The van der Waals surface area contributed by atoms with E-state index in [1.54, 1.807) is 0 Å². The Labute approximate surface area is 129 Å². The van der Waals surface area contributed by atoms with Crippen LogP contribution >= 0.6 is 12.4 Å². The van der Waals surface area contributed by atoms with Gasteiger partial charge in [-0.15, -0.1) is 12.4 Å². The lowest BCUT2D eigenvalue weighted by molar-refractivity contribution is 0.103. The maximum absolute atomic E-state index is 12.2. The average molecular weight is 302 g/mol. The standard InChI is InChI=1S/C16H15N3O.ClH/c20-15(12-4-2-1-3-5-12)13-6-8-14(9-7-13)19-16-17-10-11-18-16;/h1-9H,10-11H2,(H2,17,18,19);1H. The molecule has 0 radical (unpaired) electrons. The number of ketones is 1. The average Bonchev–Trinajstić information content (AvgIpc) is 3.01. The highest BCUT2D eigenvalue weighted by atomic mass is 35.5. The molecule has 3 rings (SSSR count). The SMILES string of the molecule is Cl.O=C(c1ccccc1)c1ccc(NC2=NCCN2)cc1. The molecule has 2 aromatic carbocycles. The van der Waals surface area contributed by atoms with Gasteiger partial charge in [-0.25, -0.2) is 0 Å². The molecule has 2 N–H and O–H groups in total. The molecule has 0 saturated heterocycles. The van der Waals surface area contributed by atoms with E-state index in [-0.39, 0.29) is 18.2 Å². The maximum Gasteiger partial charge on any atom is 0.195 e. The predicted octanol–water partition coefficient (Wildman–Crippen LogP) is 2.71. The molecule has 0 unspecified atom stereocenters. The van der Waals surface area contributed by atoms with E-state index in [1.807, 2.05) is 54.6 Å². The summed E-state index contributed by atoms with van der Waals surface area (Å²) in [5.74, 6) is 0.820. The second-order valence-electron chi connectivity index (χ2n) is 4.55. The molecule has 0 aliphatic carbocycles. The number of nitrogens with zero attached hydrogens (tertiary/aromatic N) is 1. The first-order valence-electron chi connectivity index (χ1n) is 6.58. The smallest absolute Gasteiger partial charge is 0.195 e. The fourth-order valence-corrected chi connectivity index (χ4v) is 2.08. The third kappa shape index (κ3) is 3.61. The number of rotatable bonds is 3. The first-order valence-corrected chi connectivity index (χ1v) is 6.58. The number of hydrogen-bond acceptors (Lipinski definition) is 4. The fourth-order valence-electron chi connectivity index (χ4n) is 2.08. The summed E-state index contributed by atoms with van der Waals surface area (Å²) >= 11 is 0. The molecule has 5 heteroatoms. The maximum atomic E-state index is 12.2. The van der Waals surface area contributed by atoms with Gasteiger partial charge in [-0.05, 0) is 24.3 Å². The topological polar surface area (TPSA) is 53.5 Å². The Morgan fingerprint density at radius 3 is 2.29 bits per heavy atom. The number of guanidine groups is 1. The molecule has 1 aliphatic rings. The summed E-state index contributed by atoms with van der Waals surface area (Å²) in [6, 6.07) is 16.7. The van der Waals surface area contributed by atoms with Crippen molar-refractivity contribution in [2.24, 2.45) is 4.99 Å². The van der Waals surface area contributed by atoms with E-state index in [4.69, 9.17) is 0 Å². The van der Waals surface area contributed by atoms with E-state index in [0.29, 0.717) is 11.1 Å². The van der Waals surface area contributed by atoms with Crippen molar-refractivity contribution in [3.8, 4) is 0 Å². The molecule has 0 bridgehead atoms. The van der Waals surface area contributed by atoms with Crippen LogP contribution in [0.4, 0.5) is 5.69 Å². The van der Waals surface area contributed by atoms with E-state index in [2.05, 4.69) is 15.6 Å². The lowest BCUT2D eigenvalue weighted by Crippen LogP contribution is -2.26. The Morgan fingerprint density at radius 1 is 1.00 bits per heavy atom. The van der Waals surface area contributed by atoms with Crippen LogP contribution in [0.3, 0.4) is 0 Å². The number of hydrogen-bond donors (Lipinski definition) is 2. The van der Waals surface area contributed by atoms with Gasteiger partial charge in [-0.2, -0.15) is 0 Å². The summed E-state index contributed by atoms with van der Waals surface area (Å²) in [4.78, 5) is 16.5. The third-order valence-corrected chi connectivity index (χ3v) is 3.12. The second kappa shape index (κ2) is 6.90. The van der Waals surface area contributed by atoms with Crippen LogP contribution in [0.25, 0.3) is 0 Å². The molecule has 0 amide bonds. The van der Waals surface area contributed by atoms with Crippen LogP contribution in [0.2, 0.25) is 0 Å². The van der Waals surface area contributed by atoms with Crippen molar-refractivity contribution >= 4 is 29.8 Å². The van der Waals surface area contributed by atoms with Crippen molar-refractivity contribution in [1.82, 2.24) is 5.32 Å². The highest BCUT2D eigenvalue weighted by molar-refractivity contribution is 6.09. The molecule has 108 valence electrons. The summed E-state index contributed by atoms with van der Waals surface area (Å²) in [5, 5.41) is 6.31. The zero-order valence-corrected chi connectivity index (χ0v) is 12.2. The van der Waals surface area contributed by atoms with Gasteiger partial charge in [-0.1, -0.05) is 30.3 Å². The van der Waals surface area contributed by atoms with E-state index < -0.39 is 0 Å². The molecule has 0 fully saturated rings. The van der Waals surface area contributed by atoms with Gasteiger partial charge in [0.15, 0.2) is 11.7 Å². The van der Waals surface area contributed by atoms with Gasteiger partial charge >= 0.3 is 0 Å². The van der Waals surface area contributed by atoms with Crippen LogP contribution in [-0.4, -0.2) is 24.8 Å². The first kappa shape index (κ1) is 15.1. The molecule has 0 atom stereocenters.